The lowest BCUT2D eigenvalue weighted by atomic mass is 10.1. The number of ether oxygens (including phenoxy) is 1. The maximum Gasteiger partial charge on any atom is 0.491 e. The van der Waals surface area contributed by atoms with E-state index >= 15 is 0 Å². The average Bonchev–Trinajstić information content (AvgIpc) is 1.99. The first-order valence-corrected chi connectivity index (χ1v) is 4.14. The number of hydrogen-bond acceptors (Lipinski definition) is 4. The minimum Gasteiger partial charge on any atom is -0.383 e. The maximum atomic E-state index is 11.6. The summed E-state index contributed by atoms with van der Waals surface area (Å²) in [5.41, 5.74) is 0. The molecule has 0 amide bonds. The fraction of sp³-hybridized carbons (Fsp3) is 0.500. The van der Waals surface area contributed by atoms with Crippen LogP contribution in [0.2, 0.25) is 0 Å². The van der Waals surface area contributed by atoms with E-state index in [9.17, 15) is 22.8 Å². The van der Waals surface area contributed by atoms with Crippen molar-refractivity contribution in [2.75, 3.05) is 6.54 Å². The van der Waals surface area contributed by atoms with Crippen LogP contribution in [0.25, 0.3) is 0 Å². The van der Waals surface area contributed by atoms with Crippen LogP contribution in [0.15, 0.2) is 12.2 Å². The second kappa shape index (κ2) is 4.43. The van der Waals surface area contributed by atoms with Gasteiger partial charge in [0.15, 0.2) is 0 Å². The zero-order chi connectivity index (χ0) is 11.5. The first kappa shape index (κ1) is 11.7. The third-order valence-electron chi connectivity index (χ3n) is 1.75. The monoisotopic (exact) mass is 223 g/mol. The van der Waals surface area contributed by atoms with Gasteiger partial charge in [-0.25, -0.2) is 9.59 Å². The summed E-state index contributed by atoms with van der Waals surface area (Å²) in [6.07, 6.45) is -2.18. The second-order valence-corrected chi connectivity index (χ2v) is 2.91. The summed E-state index contributed by atoms with van der Waals surface area (Å²) in [5, 5.41) is 2.88. The van der Waals surface area contributed by atoms with Crippen molar-refractivity contribution >= 4 is 11.9 Å². The Morgan fingerprint density at radius 2 is 2.00 bits per heavy atom. The van der Waals surface area contributed by atoms with Gasteiger partial charge in [-0.15, -0.1) is 0 Å². The Morgan fingerprint density at radius 1 is 1.40 bits per heavy atom. The zero-order valence-corrected chi connectivity index (χ0v) is 7.50. The molecule has 15 heavy (non-hydrogen) atoms. The van der Waals surface area contributed by atoms with Gasteiger partial charge >= 0.3 is 18.1 Å². The Hall–Kier alpha value is -1.37. The molecule has 0 spiro atoms. The third-order valence-corrected chi connectivity index (χ3v) is 1.75. The van der Waals surface area contributed by atoms with Gasteiger partial charge in [0, 0.05) is 12.1 Å². The van der Waals surface area contributed by atoms with Gasteiger partial charge in [0.25, 0.3) is 0 Å². The Morgan fingerprint density at radius 3 is 2.40 bits per heavy atom. The van der Waals surface area contributed by atoms with Gasteiger partial charge in [-0.3, -0.25) is 0 Å². The molecule has 0 saturated carbocycles. The van der Waals surface area contributed by atoms with Crippen molar-refractivity contribution in [2.45, 2.75) is 18.6 Å². The molecule has 1 heterocycles. The Bertz CT molecular complexity index is 294. The van der Waals surface area contributed by atoms with Crippen LogP contribution in [0.5, 0.6) is 0 Å². The molecule has 1 atom stereocenters. The number of carbonyl (C=O) groups is 2. The summed E-state index contributed by atoms with van der Waals surface area (Å²) in [4.78, 5) is 20.9. The quantitative estimate of drug-likeness (QED) is 0.421. The van der Waals surface area contributed by atoms with Gasteiger partial charge in [0.05, 0.1) is 0 Å². The van der Waals surface area contributed by atoms with E-state index in [1.165, 1.54) is 6.08 Å². The molecule has 84 valence electrons. The number of rotatable bonds is 2. The maximum absolute atomic E-state index is 11.6. The number of carbonyl (C=O) groups excluding carboxylic acids is 2. The van der Waals surface area contributed by atoms with Crippen LogP contribution >= 0.6 is 0 Å². The lowest BCUT2D eigenvalue weighted by Gasteiger charge is -2.23. The van der Waals surface area contributed by atoms with Gasteiger partial charge in [-0.05, 0) is 13.0 Å². The highest BCUT2D eigenvalue weighted by atomic mass is 19.4. The van der Waals surface area contributed by atoms with Gasteiger partial charge in [0.1, 0.15) is 0 Å². The molecule has 0 aliphatic carbocycles. The molecule has 7 heteroatoms. The molecule has 1 aliphatic heterocycles. The summed E-state index contributed by atoms with van der Waals surface area (Å²) >= 11 is 0. The molecular weight excluding hydrogens is 215 g/mol. The molecule has 1 rings (SSSR count). The van der Waals surface area contributed by atoms with Crippen molar-refractivity contribution in [1.29, 1.82) is 0 Å². The van der Waals surface area contributed by atoms with Gasteiger partial charge in [0.2, 0.25) is 0 Å². The van der Waals surface area contributed by atoms with E-state index in [0.717, 1.165) is 19.0 Å². The van der Waals surface area contributed by atoms with Crippen LogP contribution in [-0.2, 0) is 14.3 Å². The van der Waals surface area contributed by atoms with E-state index in [4.69, 9.17) is 0 Å². The number of alkyl halides is 3. The minimum atomic E-state index is -5.14. The molecule has 1 fully saturated rings. The Labute approximate surface area is 83.1 Å². The number of esters is 2. The van der Waals surface area contributed by atoms with Gasteiger partial charge in [-0.2, -0.15) is 13.2 Å². The molecule has 1 unspecified atom stereocenters. The van der Waals surface area contributed by atoms with E-state index in [0.29, 0.717) is 0 Å². The fourth-order valence-electron chi connectivity index (χ4n) is 0.853. The first-order valence-electron chi connectivity index (χ1n) is 4.14. The predicted octanol–water partition coefficient (Wildman–Crippen LogP) is 0.537. The van der Waals surface area contributed by atoms with Crippen LogP contribution in [0, 0.1) is 0 Å². The van der Waals surface area contributed by atoms with Crippen molar-refractivity contribution in [1.82, 2.24) is 5.32 Å². The van der Waals surface area contributed by atoms with Crippen molar-refractivity contribution in [3.8, 4) is 0 Å². The lowest BCUT2D eigenvalue weighted by molar-refractivity contribution is -0.200. The van der Waals surface area contributed by atoms with Crippen LogP contribution < -0.4 is 5.32 Å². The van der Waals surface area contributed by atoms with Gasteiger partial charge in [-0.1, -0.05) is 6.08 Å². The lowest BCUT2D eigenvalue weighted by Crippen LogP contribution is -2.41. The summed E-state index contributed by atoms with van der Waals surface area (Å²) in [6.45, 7) is 0.797. The van der Waals surface area contributed by atoms with Crippen molar-refractivity contribution < 1.29 is 27.5 Å². The van der Waals surface area contributed by atoms with Gasteiger partial charge < -0.3 is 10.1 Å². The van der Waals surface area contributed by atoms with Crippen LogP contribution in [-0.4, -0.2) is 30.7 Å². The van der Waals surface area contributed by atoms with Crippen LogP contribution in [0.4, 0.5) is 13.2 Å². The highest BCUT2D eigenvalue weighted by Crippen LogP contribution is 2.16. The molecule has 1 saturated heterocycles. The molecule has 0 aromatic carbocycles. The Kier molecular flexibility index (Phi) is 3.46. The minimum absolute atomic E-state index is 0.0291. The number of hydrogen-bond donors (Lipinski definition) is 1. The van der Waals surface area contributed by atoms with Crippen molar-refractivity contribution in [3.05, 3.63) is 12.2 Å². The van der Waals surface area contributed by atoms with E-state index in [1.807, 2.05) is 0 Å². The van der Waals surface area contributed by atoms with Crippen LogP contribution in [0.3, 0.4) is 0 Å². The second-order valence-electron chi connectivity index (χ2n) is 2.91. The fourth-order valence-corrected chi connectivity index (χ4v) is 0.853. The molecule has 1 aliphatic rings. The molecule has 4 nitrogen and oxygen atoms in total. The smallest absolute Gasteiger partial charge is 0.383 e. The highest BCUT2D eigenvalue weighted by Gasteiger charge is 2.42. The van der Waals surface area contributed by atoms with Crippen molar-refractivity contribution in [3.63, 3.8) is 0 Å². The summed E-state index contributed by atoms with van der Waals surface area (Å²) < 4.78 is 38.4. The molecule has 0 aromatic heterocycles. The standard InChI is InChI=1S/C8H8F3NO3/c9-8(10,11)7(14)15-6(13)2-1-5-3-4-12-5/h1-2,5,12H,3-4H2/b2-1+. The van der Waals surface area contributed by atoms with Crippen LogP contribution in [0.1, 0.15) is 6.42 Å². The SMILES string of the molecule is O=C(/C=C/C1CCN1)OC(=O)C(F)(F)F. The first-order chi connectivity index (χ1) is 6.89. The summed E-state index contributed by atoms with van der Waals surface area (Å²) in [7, 11) is 0. The largest absolute Gasteiger partial charge is 0.491 e. The molecule has 1 N–H and O–H groups in total. The van der Waals surface area contributed by atoms with E-state index in [-0.39, 0.29) is 6.04 Å². The highest BCUT2D eigenvalue weighted by molar-refractivity contribution is 5.93. The topological polar surface area (TPSA) is 55.4 Å². The number of halogens is 3. The molecule has 0 radical (unpaired) electrons. The Balaban J connectivity index is 2.35. The zero-order valence-electron chi connectivity index (χ0n) is 7.50. The third kappa shape index (κ3) is 3.70. The number of nitrogens with one attached hydrogen (secondary N) is 1. The van der Waals surface area contributed by atoms with E-state index in [1.54, 1.807) is 0 Å². The normalized spacial score (nSPS) is 21.1. The average molecular weight is 223 g/mol. The molecular formula is C8H8F3NO3. The van der Waals surface area contributed by atoms with Crippen molar-refractivity contribution in [2.24, 2.45) is 0 Å². The molecule has 0 bridgehead atoms. The predicted molar refractivity (Wildman–Crippen MR) is 42.7 cm³/mol. The summed E-state index contributed by atoms with van der Waals surface area (Å²) in [5.74, 6) is -3.82. The van der Waals surface area contributed by atoms with E-state index < -0.39 is 18.1 Å². The van der Waals surface area contributed by atoms with E-state index in [2.05, 4.69) is 10.1 Å². The molecule has 0 aromatic rings. The summed E-state index contributed by atoms with van der Waals surface area (Å²) in [6, 6.07) is -0.0291.